The van der Waals surface area contributed by atoms with Gasteiger partial charge in [0.25, 0.3) is 0 Å². The van der Waals surface area contributed by atoms with Gasteiger partial charge in [0.15, 0.2) is 0 Å². The van der Waals surface area contributed by atoms with Crippen LogP contribution in [0.5, 0.6) is 0 Å². The van der Waals surface area contributed by atoms with Gasteiger partial charge in [-0.25, -0.2) is 0 Å². The van der Waals surface area contributed by atoms with Crippen molar-refractivity contribution in [2.45, 2.75) is 24.3 Å². The highest BCUT2D eigenvalue weighted by molar-refractivity contribution is 7.97. The molecule has 0 spiro atoms. The van der Waals surface area contributed by atoms with Gasteiger partial charge in [0.05, 0.1) is 5.92 Å². The summed E-state index contributed by atoms with van der Waals surface area (Å²) < 4.78 is 0. The number of carboxylic acid groups (broad SMARTS) is 1. The largest absolute Gasteiger partial charge is 0.481 e. The molecule has 2 rings (SSSR count). The van der Waals surface area contributed by atoms with E-state index in [1.807, 2.05) is 60.3 Å². The molecule has 0 saturated carbocycles. The minimum Gasteiger partial charge on any atom is -0.481 e. The second-order valence-electron chi connectivity index (χ2n) is 4.92. The van der Waals surface area contributed by atoms with E-state index in [0.717, 1.165) is 22.1 Å². The van der Waals surface area contributed by atoms with Gasteiger partial charge in [-0.1, -0.05) is 48.0 Å². The summed E-state index contributed by atoms with van der Waals surface area (Å²) in [6.07, 6.45) is 0. The quantitative estimate of drug-likeness (QED) is 0.817. The molecule has 0 aliphatic rings. The third-order valence-electron chi connectivity index (χ3n) is 3.30. The van der Waals surface area contributed by atoms with Gasteiger partial charge in [-0.15, -0.1) is 0 Å². The van der Waals surface area contributed by atoms with Gasteiger partial charge < -0.3 is 5.11 Å². The lowest BCUT2D eigenvalue weighted by Crippen LogP contribution is -2.07. The van der Waals surface area contributed by atoms with Gasteiger partial charge in [-0.2, -0.15) is 11.8 Å². The van der Waals surface area contributed by atoms with Crippen LogP contribution >= 0.6 is 23.4 Å². The molecule has 0 saturated heterocycles. The molecule has 0 aliphatic heterocycles. The molecule has 0 heterocycles. The maximum Gasteiger partial charge on any atom is 0.310 e. The Labute approximate surface area is 134 Å². The first kappa shape index (κ1) is 15.9. The molecular weight excluding hydrogens is 304 g/mol. The summed E-state index contributed by atoms with van der Waals surface area (Å²) in [6.45, 7) is 1.70. The minimum absolute atomic E-state index is 0.458. The average Bonchev–Trinajstić information content (AvgIpc) is 2.49. The van der Waals surface area contributed by atoms with Gasteiger partial charge in [0.1, 0.15) is 0 Å². The standard InChI is InChI=1S/C17H17ClO2S/c1-12(17(19)20)15-6-2-13(3-7-15)10-21-11-14-4-8-16(18)9-5-14/h2-9,12H,10-11H2,1H3,(H,19,20). The summed E-state index contributed by atoms with van der Waals surface area (Å²) in [5, 5.41) is 9.73. The van der Waals surface area contributed by atoms with E-state index in [4.69, 9.17) is 16.7 Å². The zero-order valence-electron chi connectivity index (χ0n) is 11.8. The van der Waals surface area contributed by atoms with Crippen LogP contribution in [0.25, 0.3) is 0 Å². The second-order valence-corrected chi connectivity index (χ2v) is 6.34. The van der Waals surface area contributed by atoms with Crippen molar-refractivity contribution >= 4 is 29.3 Å². The van der Waals surface area contributed by atoms with E-state index in [9.17, 15) is 4.79 Å². The van der Waals surface area contributed by atoms with Gasteiger partial charge in [0.2, 0.25) is 0 Å². The number of hydrogen-bond acceptors (Lipinski definition) is 2. The first-order chi connectivity index (χ1) is 10.1. The number of carbonyl (C=O) groups is 1. The molecular formula is C17H17ClO2S. The lowest BCUT2D eigenvalue weighted by atomic mass is 10.0. The predicted molar refractivity (Wildman–Crippen MR) is 88.9 cm³/mol. The monoisotopic (exact) mass is 320 g/mol. The van der Waals surface area contributed by atoms with E-state index in [-0.39, 0.29) is 0 Å². The molecule has 1 unspecified atom stereocenters. The SMILES string of the molecule is CC(C(=O)O)c1ccc(CSCc2ccc(Cl)cc2)cc1. The van der Waals surface area contributed by atoms with Crippen LogP contribution in [0, 0.1) is 0 Å². The number of benzene rings is 2. The van der Waals surface area contributed by atoms with E-state index in [1.54, 1.807) is 6.92 Å². The highest BCUT2D eigenvalue weighted by atomic mass is 35.5. The van der Waals surface area contributed by atoms with Crippen LogP contribution < -0.4 is 0 Å². The fraction of sp³-hybridized carbons (Fsp3) is 0.235. The molecule has 110 valence electrons. The maximum absolute atomic E-state index is 10.9. The summed E-state index contributed by atoms with van der Waals surface area (Å²) in [5.41, 5.74) is 3.30. The van der Waals surface area contributed by atoms with Gasteiger partial charge in [-0.3, -0.25) is 4.79 Å². The van der Waals surface area contributed by atoms with E-state index >= 15 is 0 Å². The van der Waals surface area contributed by atoms with Crippen LogP contribution in [0.1, 0.15) is 29.5 Å². The third-order valence-corrected chi connectivity index (χ3v) is 4.63. The van der Waals surface area contributed by atoms with Gasteiger partial charge in [-0.05, 0) is 35.7 Å². The van der Waals surface area contributed by atoms with E-state index < -0.39 is 11.9 Å². The highest BCUT2D eigenvalue weighted by Gasteiger charge is 2.12. The molecule has 0 bridgehead atoms. The molecule has 4 heteroatoms. The van der Waals surface area contributed by atoms with E-state index in [2.05, 4.69) is 0 Å². The van der Waals surface area contributed by atoms with Crippen LogP contribution in [0.2, 0.25) is 5.02 Å². The molecule has 2 aromatic carbocycles. The number of aliphatic carboxylic acids is 1. The normalized spacial score (nSPS) is 12.1. The number of halogens is 1. The summed E-state index contributed by atoms with van der Waals surface area (Å²) in [6, 6.07) is 15.7. The Morgan fingerprint density at radius 2 is 1.52 bits per heavy atom. The average molecular weight is 321 g/mol. The summed E-state index contributed by atoms with van der Waals surface area (Å²) in [7, 11) is 0. The first-order valence-corrected chi connectivity index (χ1v) is 8.23. The van der Waals surface area contributed by atoms with Gasteiger partial charge >= 0.3 is 5.97 Å². The van der Waals surface area contributed by atoms with Crippen LogP contribution in [-0.4, -0.2) is 11.1 Å². The molecule has 2 aromatic rings. The van der Waals surface area contributed by atoms with E-state index in [1.165, 1.54) is 11.1 Å². The Balaban J connectivity index is 1.86. The van der Waals surface area contributed by atoms with Crippen molar-refractivity contribution in [3.63, 3.8) is 0 Å². The van der Waals surface area contributed by atoms with Crippen molar-refractivity contribution in [2.24, 2.45) is 0 Å². The molecule has 0 radical (unpaired) electrons. The molecule has 0 amide bonds. The van der Waals surface area contributed by atoms with Crippen LogP contribution in [-0.2, 0) is 16.3 Å². The molecule has 21 heavy (non-hydrogen) atoms. The fourth-order valence-electron chi connectivity index (χ4n) is 1.91. The topological polar surface area (TPSA) is 37.3 Å². The lowest BCUT2D eigenvalue weighted by Gasteiger charge is -2.08. The van der Waals surface area contributed by atoms with Crippen molar-refractivity contribution in [1.29, 1.82) is 0 Å². The lowest BCUT2D eigenvalue weighted by molar-refractivity contribution is -0.138. The molecule has 0 aromatic heterocycles. The molecule has 1 atom stereocenters. The van der Waals surface area contributed by atoms with Crippen LogP contribution in [0.4, 0.5) is 0 Å². The number of carboxylic acids is 1. The van der Waals surface area contributed by atoms with Gasteiger partial charge in [0, 0.05) is 16.5 Å². The minimum atomic E-state index is -0.792. The van der Waals surface area contributed by atoms with E-state index in [0.29, 0.717) is 0 Å². The van der Waals surface area contributed by atoms with Crippen molar-refractivity contribution < 1.29 is 9.90 Å². The molecule has 0 fully saturated rings. The Hall–Kier alpha value is -1.45. The maximum atomic E-state index is 10.9. The Kier molecular flexibility index (Phi) is 5.71. The van der Waals surface area contributed by atoms with Crippen molar-refractivity contribution in [3.8, 4) is 0 Å². The number of rotatable bonds is 6. The van der Waals surface area contributed by atoms with Crippen molar-refractivity contribution in [2.75, 3.05) is 0 Å². The zero-order valence-corrected chi connectivity index (χ0v) is 13.3. The van der Waals surface area contributed by atoms with Crippen LogP contribution in [0.15, 0.2) is 48.5 Å². The first-order valence-electron chi connectivity index (χ1n) is 6.70. The Morgan fingerprint density at radius 3 is 2.00 bits per heavy atom. The smallest absolute Gasteiger partial charge is 0.310 e. The van der Waals surface area contributed by atoms with Crippen molar-refractivity contribution in [1.82, 2.24) is 0 Å². The summed E-state index contributed by atoms with van der Waals surface area (Å²) in [5.74, 6) is 0.593. The Morgan fingerprint density at radius 1 is 1.05 bits per heavy atom. The van der Waals surface area contributed by atoms with Crippen LogP contribution in [0.3, 0.4) is 0 Å². The number of hydrogen-bond donors (Lipinski definition) is 1. The second kappa shape index (κ2) is 7.53. The Bertz CT molecular complexity index is 593. The highest BCUT2D eigenvalue weighted by Crippen LogP contribution is 2.21. The fourth-order valence-corrected chi connectivity index (χ4v) is 3.00. The predicted octanol–water partition coefficient (Wildman–Crippen LogP) is 4.96. The summed E-state index contributed by atoms with van der Waals surface area (Å²) in [4.78, 5) is 10.9. The third kappa shape index (κ3) is 4.80. The zero-order chi connectivity index (χ0) is 15.2. The van der Waals surface area contributed by atoms with Crippen molar-refractivity contribution in [3.05, 3.63) is 70.2 Å². The number of thioether (sulfide) groups is 1. The summed E-state index contributed by atoms with van der Waals surface area (Å²) >= 11 is 7.68. The molecule has 0 aliphatic carbocycles. The molecule has 1 N–H and O–H groups in total. The molecule has 2 nitrogen and oxygen atoms in total.